The van der Waals surface area contributed by atoms with E-state index in [1.807, 2.05) is 6.07 Å². The maximum atomic E-state index is 11.0. The van der Waals surface area contributed by atoms with Gasteiger partial charge in [0.25, 0.3) is 0 Å². The van der Waals surface area contributed by atoms with Gasteiger partial charge in [-0.2, -0.15) is 0 Å². The van der Waals surface area contributed by atoms with Crippen LogP contribution in [0, 0.1) is 0 Å². The fourth-order valence-electron chi connectivity index (χ4n) is 1.41. The van der Waals surface area contributed by atoms with E-state index < -0.39 is 0 Å². The molecule has 0 unspecified atom stereocenters. The summed E-state index contributed by atoms with van der Waals surface area (Å²) in [6.07, 6.45) is 2.14. The van der Waals surface area contributed by atoms with E-state index in [2.05, 4.69) is 4.98 Å². The number of phenols is 1. The normalized spacial score (nSPS) is 10.3. The molecule has 0 aliphatic rings. The van der Waals surface area contributed by atoms with E-state index in [9.17, 15) is 9.90 Å². The predicted molar refractivity (Wildman–Crippen MR) is 63.6 cm³/mol. The molecule has 82 valence electrons. The zero-order chi connectivity index (χ0) is 11.5. The lowest BCUT2D eigenvalue weighted by Crippen LogP contribution is -1.92. The third-order valence-corrected chi connectivity index (χ3v) is 3.12. The summed E-state index contributed by atoms with van der Waals surface area (Å²) in [5.41, 5.74) is 0.875. The average molecular weight is 233 g/mol. The standard InChI is InChI=1S/C12H11NO2S/c1-8(14)5-11-7-13-12(16-11)9-3-2-4-10(15)6-9/h2-4,6-7,15H,5H2,1H3. The first kappa shape index (κ1) is 10.8. The molecule has 2 rings (SSSR count). The monoisotopic (exact) mass is 233 g/mol. The molecule has 2 aromatic rings. The van der Waals surface area contributed by atoms with Gasteiger partial charge in [-0.15, -0.1) is 11.3 Å². The van der Waals surface area contributed by atoms with Crippen molar-refractivity contribution in [2.75, 3.05) is 0 Å². The maximum absolute atomic E-state index is 11.0. The Morgan fingerprint density at radius 3 is 3.00 bits per heavy atom. The first-order valence-electron chi connectivity index (χ1n) is 4.88. The topological polar surface area (TPSA) is 50.2 Å². The van der Waals surface area contributed by atoms with Gasteiger partial charge in [-0.1, -0.05) is 12.1 Å². The van der Waals surface area contributed by atoms with Gasteiger partial charge in [-0.25, -0.2) is 4.98 Å². The zero-order valence-electron chi connectivity index (χ0n) is 8.80. The van der Waals surface area contributed by atoms with E-state index in [4.69, 9.17) is 0 Å². The minimum absolute atomic E-state index is 0.131. The molecule has 16 heavy (non-hydrogen) atoms. The minimum atomic E-state index is 0.131. The fourth-order valence-corrected chi connectivity index (χ4v) is 2.39. The van der Waals surface area contributed by atoms with Crippen molar-refractivity contribution in [2.45, 2.75) is 13.3 Å². The third kappa shape index (κ3) is 2.46. The van der Waals surface area contributed by atoms with Crippen molar-refractivity contribution in [3.63, 3.8) is 0 Å². The molecule has 1 heterocycles. The lowest BCUT2D eigenvalue weighted by atomic mass is 10.2. The van der Waals surface area contributed by atoms with Crippen LogP contribution in [0.2, 0.25) is 0 Å². The van der Waals surface area contributed by atoms with E-state index in [1.54, 1.807) is 31.3 Å². The number of aromatic hydroxyl groups is 1. The second-order valence-corrected chi connectivity index (χ2v) is 4.68. The molecule has 0 atom stereocenters. The summed E-state index contributed by atoms with van der Waals surface area (Å²) < 4.78 is 0. The van der Waals surface area contributed by atoms with Crippen LogP contribution in [-0.2, 0) is 11.2 Å². The molecular weight excluding hydrogens is 222 g/mol. The van der Waals surface area contributed by atoms with Gasteiger partial charge in [0, 0.05) is 23.1 Å². The number of ketones is 1. The summed E-state index contributed by atoms with van der Waals surface area (Å²) in [5, 5.41) is 10.2. The Morgan fingerprint density at radius 1 is 1.50 bits per heavy atom. The zero-order valence-corrected chi connectivity index (χ0v) is 9.62. The highest BCUT2D eigenvalue weighted by atomic mass is 32.1. The maximum Gasteiger partial charge on any atom is 0.135 e. The molecule has 0 aliphatic carbocycles. The first-order chi connectivity index (χ1) is 7.65. The van der Waals surface area contributed by atoms with Gasteiger partial charge >= 0.3 is 0 Å². The minimum Gasteiger partial charge on any atom is -0.508 e. The van der Waals surface area contributed by atoms with Crippen molar-refractivity contribution < 1.29 is 9.90 Å². The molecule has 1 N–H and O–H groups in total. The summed E-state index contributed by atoms with van der Waals surface area (Å²) in [4.78, 5) is 16.1. The van der Waals surface area contributed by atoms with Crippen molar-refractivity contribution in [3.05, 3.63) is 35.3 Å². The fraction of sp³-hybridized carbons (Fsp3) is 0.167. The molecule has 4 heteroatoms. The van der Waals surface area contributed by atoms with E-state index in [-0.39, 0.29) is 11.5 Å². The van der Waals surface area contributed by atoms with Crippen LogP contribution >= 0.6 is 11.3 Å². The van der Waals surface area contributed by atoms with Gasteiger partial charge in [-0.05, 0) is 19.1 Å². The number of aromatic nitrogens is 1. The van der Waals surface area contributed by atoms with Crippen molar-refractivity contribution in [1.29, 1.82) is 0 Å². The number of benzene rings is 1. The lowest BCUT2D eigenvalue weighted by molar-refractivity contribution is -0.116. The number of nitrogens with zero attached hydrogens (tertiary/aromatic N) is 1. The van der Waals surface area contributed by atoms with Crippen LogP contribution in [0.4, 0.5) is 0 Å². The number of carbonyl (C=O) groups excluding carboxylic acids is 1. The second-order valence-electron chi connectivity index (χ2n) is 3.56. The number of thiazole rings is 1. The van der Waals surface area contributed by atoms with Gasteiger partial charge in [0.15, 0.2) is 0 Å². The summed E-state index contributed by atoms with van der Waals surface area (Å²) >= 11 is 1.48. The van der Waals surface area contributed by atoms with Crippen LogP contribution in [0.5, 0.6) is 5.75 Å². The summed E-state index contributed by atoms with van der Waals surface area (Å²) in [6, 6.07) is 6.94. The Morgan fingerprint density at radius 2 is 2.31 bits per heavy atom. The van der Waals surface area contributed by atoms with E-state index >= 15 is 0 Å². The SMILES string of the molecule is CC(=O)Cc1cnc(-c2cccc(O)c2)s1. The molecule has 1 aromatic heterocycles. The van der Waals surface area contributed by atoms with Crippen LogP contribution in [0.15, 0.2) is 30.5 Å². The third-order valence-electron chi connectivity index (χ3n) is 2.07. The molecule has 0 saturated carbocycles. The quantitative estimate of drug-likeness (QED) is 0.886. The summed E-state index contributed by atoms with van der Waals surface area (Å²) in [6.45, 7) is 1.56. The van der Waals surface area contributed by atoms with Crippen molar-refractivity contribution in [3.8, 4) is 16.3 Å². The number of hydrogen-bond acceptors (Lipinski definition) is 4. The summed E-state index contributed by atoms with van der Waals surface area (Å²) in [7, 11) is 0. The van der Waals surface area contributed by atoms with Crippen LogP contribution in [-0.4, -0.2) is 15.9 Å². The largest absolute Gasteiger partial charge is 0.508 e. The van der Waals surface area contributed by atoms with E-state index in [0.717, 1.165) is 15.4 Å². The van der Waals surface area contributed by atoms with E-state index in [0.29, 0.717) is 6.42 Å². The number of carbonyl (C=O) groups is 1. The van der Waals surface area contributed by atoms with Crippen molar-refractivity contribution in [1.82, 2.24) is 4.98 Å². The molecule has 0 aliphatic heterocycles. The van der Waals surface area contributed by atoms with Gasteiger partial charge in [0.05, 0.1) is 0 Å². The molecular formula is C12H11NO2S. The number of phenolic OH excluding ortho intramolecular Hbond substituents is 1. The predicted octanol–water partition coefficient (Wildman–Crippen LogP) is 2.65. The highest BCUT2D eigenvalue weighted by Crippen LogP contribution is 2.27. The van der Waals surface area contributed by atoms with Crippen LogP contribution in [0.1, 0.15) is 11.8 Å². The van der Waals surface area contributed by atoms with Crippen molar-refractivity contribution in [2.24, 2.45) is 0 Å². The molecule has 1 aromatic carbocycles. The molecule has 0 fully saturated rings. The highest BCUT2D eigenvalue weighted by Gasteiger charge is 2.06. The molecule has 0 amide bonds. The summed E-state index contributed by atoms with van der Waals surface area (Å²) in [5.74, 6) is 0.354. The number of rotatable bonds is 3. The van der Waals surface area contributed by atoms with Gasteiger partial charge in [0.1, 0.15) is 16.5 Å². The van der Waals surface area contributed by atoms with Crippen LogP contribution < -0.4 is 0 Å². The highest BCUT2D eigenvalue weighted by molar-refractivity contribution is 7.15. The van der Waals surface area contributed by atoms with Gasteiger partial charge in [0.2, 0.25) is 0 Å². The number of Topliss-reactive ketones (excluding diaryl/α,β-unsaturated/α-hetero) is 1. The molecule has 0 bridgehead atoms. The average Bonchev–Trinajstić information content (AvgIpc) is 2.65. The Kier molecular flexibility index (Phi) is 3.01. The lowest BCUT2D eigenvalue weighted by Gasteiger charge is -1.96. The smallest absolute Gasteiger partial charge is 0.135 e. The second kappa shape index (κ2) is 4.45. The Labute approximate surface area is 97.4 Å². The number of hydrogen-bond donors (Lipinski definition) is 1. The van der Waals surface area contributed by atoms with Crippen LogP contribution in [0.25, 0.3) is 10.6 Å². The molecule has 3 nitrogen and oxygen atoms in total. The van der Waals surface area contributed by atoms with Gasteiger partial charge in [-0.3, -0.25) is 4.79 Å². The van der Waals surface area contributed by atoms with E-state index in [1.165, 1.54) is 11.3 Å². The molecule has 0 radical (unpaired) electrons. The van der Waals surface area contributed by atoms with Gasteiger partial charge < -0.3 is 5.11 Å². The van der Waals surface area contributed by atoms with Crippen LogP contribution in [0.3, 0.4) is 0 Å². The Balaban J connectivity index is 2.28. The Hall–Kier alpha value is -1.68. The molecule has 0 spiro atoms. The Bertz CT molecular complexity index is 519. The van der Waals surface area contributed by atoms with Crippen molar-refractivity contribution >= 4 is 17.1 Å². The first-order valence-corrected chi connectivity index (χ1v) is 5.70. The molecule has 0 saturated heterocycles.